The van der Waals surface area contributed by atoms with Gasteiger partial charge in [0.25, 0.3) is 0 Å². The standard InChI is InChI=1S/C22H33N3O5/c1-22(2,3)30-21(27)23-17-5-7-24(8-6-17)18-13-16(20(26)28-4)14-19(15-18)25-9-11-29-12-10-25/h13-15,17H,5-12H2,1-4H3,(H,23,27). The van der Waals surface area contributed by atoms with Gasteiger partial charge < -0.3 is 29.3 Å². The first-order chi connectivity index (χ1) is 14.2. The summed E-state index contributed by atoms with van der Waals surface area (Å²) in [6.45, 7) is 10.1. The van der Waals surface area contributed by atoms with Crippen molar-refractivity contribution in [1.29, 1.82) is 0 Å². The number of morpholine rings is 1. The van der Waals surface area contributed by atoms with Gasteiger partial charge in [-0.25, -0.2) is 9.59 Å². The molecule has 8 nitrogen and oxygen atoms in total. The number of nitrogens with one attached hydrogen (secondary N) is 1. The predicted octanol–water partition coefficient (Wildman–Crippen LogP) is 2.80. The molecule has 0 aliphatic carbocycles. The molecule has 2 saturated heterocycles. The fraction of sp³-hybridized carbons (Fsp3) is 0.636. The summed E-state index contributed by atoms with van der Waals surface area (Å²) in [4.78, 5) is 28.7. The van der Waals surface area contributed by atoms with Crippen molar-refractivity contribution >= 4 is 23.4 Å². The van der Waals surface area contributed by atoms with E-state index in [-0.39, 0.29) is 18.1 Å². The van der Waals surface area contributed by atoms with Gasteiger partial charge >= 0.3 is 12.1 Å². The lowest BCUT2D eigenvalue weighted by Crippen LogP contribution is -2.46. The zero-order valence-electron chi connectivity index (χ0n) is 18.4. The molecule has 1 aromatic rings. The molecule has 2 fully saturated rings. The zero-order chi connectivity index (χ0) is 21.7. The minimum absolute atomic E-state index is 0.0820. The van der Waals surface area contributed by atoms with E-state index in [9.17, 15) is 9.59 Å². The van der Waals surface area contributed by atoms with E-state index in [1.807, 2.05) is 32.9 Å². The van der Waals surface area contributed by atoms with Gasteiger partial charge in [-0.2, -0.15) is 0 Å². The minimum Gasteiger partial charge on any atom is -0.465 e. The maximum atomic E-state index is 12.2. The number of esters is 1. The van der Waals surface area contributed by atoms with Crippen LogP contribution < -0.4 is 15.1 Å². The fourth-order valence-corrected chi connectivity index (χ4v) is 3.77. The van der Waals surface area contributed by atoms with E-state index in [0.29, 0.717) is 18.8 Å². The van der Waals surface area contributed by atoms with Crippen LogP contribution in [-0.4, -0.2) is 70.2 Å². The van der Waals surface area contributed by atoms with Gasteiger partial charge in [0.1, 0.15) is 5.60 Å². The van der Waals surface area contributed by atoms with Crippen molar-refractivity contribution in [3.8, 4) is 0 Å². The van der Waals surface area contributed by atoms with Gasteiger partial charge in [-0.1, -0.05) is 0 Å². The number of hydrogen-bond acceptors (Lipinski definition) is 7. The molecule has 1 N–H and O–H groups in total. The lowest BCUT2D eigenvalue weighted by molar-refractivity contribution is 0.0496. The topological polar surface area (TPSA) is 80.3 Å². The second-order valence-corrected chi connectivity index (χ2v) is 8.74. The van der Waals surface area contributed by atoms with E-state index in [2.05, 4.69) is 21.2 Å². The molecule has 0 radical (unpaired) electrons. The minimum atomic E-state index is -0.505. The van der Waals surface area contributed by atoms with Crippen LogP contribution in [0.4, 0.5) is 16.2 Å². The average Bonchev–Trinajstić information content (AvgIpc) is 2.72. The molecule has 30 heavy (non-hydrogen) atoms. The summed E-state index contributed by atoms with van der Waals surface area (Å²) < 4.78 is 15.8. The second kappa shape index (κ2) is 9.55. The number of rotatable bonds is 4. The number of hydrogen-bond donors (Lipinski definition) is 1. The molecule has 1 amide bonds. The quantitative estimate of drug-likeness (QED) is 0.752. The SMILES string of the molecule is COC(=O)c1cc(N2CCOCC2)cc(N2CCC(NC(=O)OC(C)(C)C)CC2)c1. The Bertz CT molecular complexity index is 748. The van der Waals surface area contributed by atoms with E-state index in [1.54, 1.807) is 0 Å². The second-order valence-electron chi connectivity index (χ2n) is 8.74. The smallest absolute Gasteiger partial charge is 0.407 e. The Morgan fingerprint density at radius 3 is 2.10 bits per heavy atom. The Hall–Kier alpha value is -2.48. The molecule has 8 heteroatoms. The predicted molar refractivity (Wildman–Crippen MR) is 115 cm³/mol. The van der Waals surface area contributed by atoms with E-state index in [0.717, 1.165) is 50.4 Å². The third-order valence-corrected chi connectivity index (χ3v) is 5.28. The van der Waals surface area contributed by atoms with Gasteiger partial charge in [0, 0.05) is 43.6 Å². The molecule has 2 heterocycles. The molecule has 0 unspecified atom stereocenters. The summed E-state index contributed by atoms with van der Waals surface area (Å²) in [6.07, 6.45) is 1.26. The molecule has 2 aliphatic heterocycles. The van der Waals surface area contributed by atoms with Crippen molar-refractivity contribution in [3.63, 3.8) is 0 Å². The van der Waals surface area contributed by atoms with Gasteiger partial charge in [0.2, 0.25) is 0 Å². The maximum Gasteiger partial charge on any atom is 0.407 e. The Morgan fingerprint density at radius 2 is 1.57 bits per heavy atom. The van der Waals surface area contributed by atoms with Crippen molar-refractivity contribution in [3.05, 3.63) is 23.8 Å². The fourth-order valence-electron chi connectivity index (χ4n) is 3.77. The van der Waals surface area contributed by atoms with Crippen LogP contribution in [0.3, 0.4) is 0 Å². The molecule has 0 bridgehead atoms. The molecule has 0 atom stereocenters. The first-order valence-corrected chi connectivity index (χ1v) is 10.6. The summed E-state index contributed by atoms with van der Waals surface area (Å²) in [5.74, 6) is -0.340. The number of benzene rings is 1. The van der Waals surface area contributed by atoms with Crippen LogP contribution in [0, 0.1) is 0 Å². The van der Waals surface area contributed by atoms with Crippen molar-refractivity contribution in [2.75, 3.05) is 56.3 Å². The average molecular weight is 420 g/mol. The van der Waals surface area contributed by atoms with Crippen LogP contribution in [0.25, 0.3) is 0 Å². The molecule has 0 aromatic heterocycles. The van der Waals surface area contributed by atoms with Gasteiger partial charge in [0.15, 0.2) is 0 Å². The van der Waals surface area contributed by atoms with Crippen LogP contribution in [0.5, 0.6) is 0 Å². The Labute approximate surface area is 178 Å². The van der Waals surface area contributed by atoms with E-state index < -0.39 is 5.60 Å². The van der Waals surface area contributed by atoms with Crippen molar-refractivity contribution < 1.29 is 23.8 Å². The highest BCUT2D eigenvalue weighted by molar-refractivity contribution is 5.92. The molecule has 166 valence electrons. The van der Waals surface area contributed by atoms with Gasteiger partial charge in [-0.15, -0.1) is 0 Å². The Morgan fingerprint density at radius 1 is 1.00 bits per heavy atom. The lowest BCUT2D eigenvalue weighted by atomic mass is 10.0. The molecule has 1 aromatic carbocycles. The maximum absolute atomic E-state index is 12.2. The van der Waals surface area contributed by atoms with Crippen molar-refractivity contribution in [2.24, 2.45) is 0 Å². The highest BCUT2D eigenvalue weighted by Crippen LogP contribution is 2.28. The number of methoxy groups -OCH3 is 1. The summed E-state index contributed by atoms with van der Waals surface area (Å²) in [5, 5.41) is 2.97. The number of anilines is 2. The zero-order valence-corrected chi connectivity index (χ0v) is 18.4. The Balaban J connectivity index is 1.68. The first kappa shape index (κ1) is 22.2. The van der Waals surface area contributed by atoms with Crippen molar-refractivity contribution in [1.82, 2.24) is 5.32 Å². The molecular weight excluding hydrogens is 386 g/mol. The van der Waals surface area contributed by atoms with Crippen LogP contribution in [0.15, 0.2) is 18.2 Å². The molecule has 0 spiro atoms. The van der Waals surface area contributed by atoms with Gasteiger partial charge in [-0.05, 0) is 51.8 Å². The number of nitrogens with zero attached hydrogens (tertiary/aromatic N) is 2. The lowest BCUT2D eigenvalue weighted by Gasteiger charge is -2.35. The normalized spacial score (nSPS) is 18.1. The third-order valence-electron chi connectivity index (χ3n) is 5.28. The summed E-state index contributed by atoms with van der Waals surface area (Å²) in [5.41, 5.74) is 2.04. The number of alkyl carbamates (subject to hydrolysis) is 1. The largest absolute Gasteiger partial charge is 0.465 e. The third kappa shape index (κ3) is 6.01. The molecule has 2 aliphatic rings. The van der Waals surface area contributed by atoms with Crippen LogP contribution in [-0.2, 0) is 14.2 Å². The monoisotopic (exact) mass is 419 g/mol. The number of piperidine rings is 1. The summed E-state index contributed by atoms with van der Waals surface area (Å²) in [6, 6.07) is 5.98. The van der Waals surface area contributed by atoms with Crippen LogP contribution in [0.2, 0.25) is 0 Å². The van der Waals surface area contributed by atoms with Gasteiger partial charge in [-0.3, -0.25) is 0 Å². The Kier molecular flexibility index (Phi) is 7.07. The highest BCUT2D eigenvalue weighted by atomic mass is 16.6. The van der Waals surface area contributed by atoms with Gasteiger partial charge in [0.05, 0.1) is 25.9 Å². The first-order valence-electron chi connectivity index (χ1n) is 10.6. The molecule has 3 rings (SSSR count). The summed E-state index contributed by atoms with van der Waals surface area (Å²) >= 11 is 0. The molecular formula is C22H33N3O5. The number of amides is 1. The van der Waals surface area contributed by atoms with Crippen LogP contribution >= 0.6 is 0 Å². The highest BCUT2D eigenvalue weighted by Gasteiger charge is 2.25. The number of carbonyl (C=O) groups excluding carboxylic acids is 2. The van der Waals surface area contributed by atoms with E-state index >= 15 is 0 Å². The number of carbonyl (C=O) groups is 2. The summed E-state index contributed by atoms with van der Waals surface area (Å²) in [7, 11) is 1.40. The van der Waals surface area contributed by atoms with E-state index in [1.165, 1.54) is 7.11 Å². The van der Waals surface area contributed by atoms with Crippen LogP contribution in [0.1, 0.15) is 44.0 Å². The van der Waals surface area contributed by atoms with Crippen molar-refractivity contribution in [2.45, 2.75) is 45.3 Å². The molecule has 0 saturated carbocycles. The van der Waals surface area contributed by atoms with E-state index in [4.69, 9.17) is 14.2 Å². The number of ether oxygens (including phenoxy) is 3.